The van der Waals surface area contributed by atoms with Gasteiger partial charge in [0.1, 0.15) is 5.82 Å². The quantitative estimate of drug-likeness (QED) is 0.637. The Kier molecular flexibility index (Phi) is 3.76. The van der Waals surface area contributed by atoms with E-state index in [9.17, 15) is 8.42 Å². The molecule has 0 aliphatic carbocycles. The molecule has 16 heavy (non-hydrogen) atoms. The van der Waals surface area contributed by atoms with Crippen molar-refractivity contribution in [3.05, 3.63) is 5.69 Å². The first kappa shape index (κ1) is 12.8. The van der Waals surface area contributed by atoms with Gasteiger partial charge in [0.2, 0.25) is 10.0 Å². The smallest absolute Gasteiger partial charge is 0.213 e. The number of anilines is 2. The van der Waals surface area contributed by atoms with Gasteiger partial charge in [0.15, 0.2) is 0 Å². The van der Waals surface area contributed by atoms with Crippen LogP contribution in [0.2, 0.25) is 0 Å². The summed E-state index contributed by atoms with van der Waals surface area (Å²) in [5.74, 6) is 0.636. The summed E-state index contributed by atoms with van der Waals surface area (Å²) in [6, 6.07) is 0. The number of hydrogen-bond donors (Lipinski definition) is 3. The Bertz CT molecular complexity index is 465. The SMILES string of the molecule is CNS(=O)(=O)CCNc1c(N)c(C)nn1C. The Morgan fingerprint density at radius 1 is 1.50 bits per heavy atom. The fraction of sp³-hybridized carbons (Fsp3) is 0.625. The van der Waals surface area contributed by atoms with Crippen LogP contribution in [-0.2, 0) is 17.1 Å². The van der Waals surface area contributed by atoms with Gasteiger partial charge in [-0.25, -0.2) is 13.1 Å². The third-order valence-electron chi connectivity index (χ3n) is 2.24. The van der Waals surface area contributed by atoms with Gasteiger partial charge in [0.25, 0.3) is 0 Å². The van der Waals surface area contributed by atoms with Crippen LogP contribution < -0.4 is 15.8 Å². The Hall–Kier alpha value is -1.28. The summed E-state index contributed by atoms with van der Waals surface area (Å²) in [5.41, 5.74) is 7.04. The second kappa shape index (κ2) is 4.71. The zero-order chi connectivity index (χ0) is 12.3. The molecule has 0 unspecified atom stereocenters. The first-order valence-electron chi connectivity index (χ1n) is 4.81. The number of aryl methyl sites for hydroxylation is 2. The summed E-state index contributed by atoms with van der Waals surface area (Å²) in [5, 5.41) is 7.06. The molecule has 1 aromatic rings. The molecule has 1 rings (SSSR count). The highest BCUT2D eigenvalue weighted by atomic mass is 32.2. The van der Waals surface area contributed by atoms with Gasteiger partial charge >= 0.3 is 0 Å². The Labute approximate surface area is 95.1 Å². The van der Waals surface area contributed by atoms with Gasteiger partial charge in [0, 0.05) is 13.6 Å². The van der Waals surface area contributed by atoms with E-state index in [0.29, 0.717) is 11.5 Å². The summed E-state index contributed by atoms with van der Waals surface area (Å²) in [6.45, 7) is 2.08. The zero-order valence-electron chi connectivity index (χ0n) is 9.61. The van der Waals surface area contributed by atoms with Crippen molar-refractivity contribution in [3.63, 3.8) is 0 Å². The standard InChI is InChI=1S/C8H17N5O2S/c1-6-7(9)8(13(3)12-6)11-4-5-16(14,15)10-2/h10-11H,4-5,9H2,1-3H3. The lowest BCUT2D eigenvalue weighted by atomic mass is 10.4. The van der Waals surface area contributed by atoms with Crippen molar-refractivity contribution >= 4 is 21.5 Å². The molecule has 0 saturated heterocycles. The Morgan fingerprint density at radius 3 is 2.56 bits per heavy atom. The molecule has 0 atom stereocenters. The minimum Gasteiger partial charge on any atom is -0.394 e. The highest BCUT2D eigenvalue weighted by Crippen LogP contribution is 2.20. The van der Waals surface area contributed by atoms with Crippen molar-refractivity contribution in [1.82, 2.24) is 14.5 Å². The summed E-state index contributed by atoms with van der Waals surface area (Å²) in [7, 11) is -0.0564. The van der Waals surface area contributed by atoms with Gasteiger partial charge in [0.05, 0.1) is 17.1 Å². The lowest BCUT2D eigenvalue weighted by Gasteiger charge is -2.07. The van der Waals surface area contributed by atoms with E-state index < -0.39 is 10.0 Å². The predicted octanol–water partition coefficient (Wildman–Crippen LogP) is -0.728. The van der Waals surface area contributed by atoms with Crippen LogP contribution in [0.25, 0.3) is 0 Å². The second-order valence-corrected chi connectivity index (χ2v) is 5.47. The van der Waals surface area contributed by atoms with Gasteiger partial charge in [-0.2, -0.15) is 5.10 Å². The molecule has 4 N–H and O–H groups in total. The van der Waals surface area contributed by atoms with E-state index in [1.807, 2.05) is 0 Å². The molecule has 0 amide bonds. The van der Waals surface area contributed by atoms with Crippen molar-refractivity contribution < 1.29 is 8.42 Å². The van der Waals surface area contributed by atoms with Crippen molar-refractivity contribution in [3.8, 4) is 0 Å². The molecular weight excluding hydrogens is 230 g/mol. The van der Waals surface area contributed by atoms with Crippen molar-refractivity contribution in [1.29, 1.82) is 0 Å². The summed E-state index contributed by atoms with van der Waals surface area (Å²) >= 11 is 0. The number of aromatic nitrogens is 2. The van der Waals surface area contributed by atoms with Crippen molar-refractivity contribution in [2.24, 2.45) is 7.05 Å². The van der Waals surface area contributed by atoms with E-state index in [-0.39, 0.29) is 12.3 Å². The first-order chi connectivity index (χ1) is 7.37. The molecule has 0 aliphatic rings. The lowest BCUT2D eigenvalue weighted by molar-refractivity contribution is 0.588. The van der Waals surface area contributed by atoms with Crippen LogP contribution in [0.1, 0.15) is 5.69 Å². The normalized spacial score (nSPS) is 11.7. The van der Waals surface area contributed by atoms with E-state index in [1.165, 1.54) is 7.05 Å². The molecule has 92 valence electrons. The largest absolute Gasteiger partial charge is 0.394 e. The van der Waals surface area contributed by atoms with E-state index in [2.05, 4.69) is 15.1 Å². The Morgan fingerprint density at radius 2 is 2.12 bits per heavy atom. The summed E-state index contributed by atoms with van der Waals surface area (Å²) in [4.78, 5) is 0. The molecule has 0 fully saturated rings. The average molecular weight is 247 g/mol. The maximum absolute atomic E-state index is 11.2. The fourth-order valence-electron chi connectivity index (χ4n) is 1.29. The molecule has 0 saturated carbocycles. The highest BCUT2D eigenvalue weighted by Gasteiger charge is 2.11. The van der Waals surface area contributed by atoms with E-state index in [4.69, 9.17) is 5.73 Å². The number of hydrogen-bond acceptors (Lipinski definition) is 5. The number of sulfonamides is 1. The molecule has 0 spiro atoms. The third-order valence-corrected chi connectivity index (χ3v) is 3.61. The predicted molar refractivity (Wildman–Crippen MR) is 63.7 cm³/mol. The van der Waals surface area contributed by atoms with Gasteiger partial charge in [-0.3, -0.25) is 4.68 Å². The van der Waals surface area contributed by atoms with Crippen LogP contribution >= 0.6 is 0 Å². The number of rotatable bonds is 5. The second-order valence-electron chi connectivity index (χ2n) is 3.42. The van der Waals surface area contributed by atoms with Crippen LogP contribution in [0.3, 0.4) is 0 Å². The van der Waals surface area contributed by atoms with Crippen LogP contribution in [-0.4, -0.2) is 37.5 Å². The molecule has 0 aromatic carbocycles. The minimum absolute atomic E-state index is 0.00678. The van der Waals surface area contributed by atoms with Gasteiger partial charge < -0.3 is 11.1 Å². The lowest BCUT2D eigenvalue weighted by Crippen LogP contribution is -2.26. The Balaban J connectivity index is 2.62. The number of nitrogens with two attached hydrogens (primary N) is 1. The van der Waals surface area contributed by atoms with Crippen molar-refractivity contribution in [2.45, 2.75) is 6.92 Å². The average Bonchev–Trinajstić information content (AvgIpc) is 2.44. The van der Waals surface area contributed by atoms with Gasteiger partial charge in [-0.1, -0.05) is 0 Å². The van der Waals surface area contributed by atoms with E-state index in [1.54, 1.807) is 18.7 Å². The van der Waals surface area contributed by atoms with Gasteiger partial charge in [-0.05, 0) is 14.0 Å². The maximum atomic E-state index is 11.2. The topological polar surface area (TPSA) is 102 Å². The number of nitrogens with one attached hydrogen (secondary N) is 2. The van der Waals surface area contributed by atoms with E-state index in [0.717, 1.165) is 5.69 Å². The molecule has 0 radical (unpaired) electrons. The van der Waals surface area contributed by atoms with Crippen molar-refractivity contribution in [2.75, 3.05) is 30.4 Å². The molecule has 8 heteroatoms. The summed E-state index contributed by atoms with van der Waals surface area (Å²) in [6.07, 6.45) is 0. The molecular formula is C8H17N5O2S. The molecule has 0 bridgehead atoms. The van der Waals surface area contributed by atoms with Crippen LogP contribution in [0.15, 0.2) is 0 Å². The maximum Gasteiger partial charge on any atom is 0.213 e. The molecule has 0 aliphatic heterocycles. The zero-order valence-corrected chi connectivity index (χ0v) is 10.4. The minimum atomic E-state index is -3.19. The monoisotopic (exact) mass is 247 g/mol. The summed E-state index contributed by atoms with van der Waals surface area (Å²) < 4.78 is 26.2. The number of nitrogen functional groups attached to an aromatic ring is 1. The van der Waals surface area contributed by atoms with Crippen LogP contribution in [0.4, 0.5) is 11.5 Å². The third kappa shape index (κ3) is 2.86. The first-order valence-corrected chi connectivity index (χ1v) is 6.47. The molecule has 1 aromatic heterocycles. The van der Waals surface area contributed by atoms with E-state index >= 15 is 0 Å². The van der Waals surface area contributed by atoms with Gasteiger partial charge in [-0.15, -0.1) is 0 Å². The molecule has 7 nitrogen and oxygen atoms in total. The highest BCUT2D eigenvalue weighted by molar-refractivity contribution is 7.89. The van der Waals surface area contributed by atoms with Crippen LogP contribution in [0, 0.1) is 6.92 Å². The number of nitrogens with zero attached hydrogens (tertiary/aromatic N) is 2. The van der Waals surface area contributed by atoms with Crippen LogP contribution in [0.5, 0.6) is 0 Å². The fourth-order valence-corrected chi connectivity index (χ4v) is 1.86. The molecule has 1 heterocycles.